The predicted octanol–water partition coefficient (Wildman–Crippen LogP) is 2.56. The van der Waals surface area contributed by atoms with Gasteiger partial charge in [0.15, 0.2) is 0 Å². The summed E-state index contributed by atoms with van der Waals surface area (Å²) in [5, 5.41) is 11.4. The van der Waals surface area contributed by atoms with Crippen LogP contribution in [0.3, 0.4) is 0 Å². The Morgan fingerprint density at radius 1 is 1.32 bits per heavy atom. The Morgan fingerprint density at radius 2 is 2.21 bits per heavy atom. The van der Waals surface area contributed by atoms with Crippen LogP contribution in [0.25, 0.3) is 10.9 Å². The van der Waals surface area contributed by atoms with Gasteiger partial charge in [0.2, 0.25) is 0 Å². The first-order chi connectivity index (χ1) is 9.33. The fourth-order valence-corrected chi connectivity index (χ4v) is 2.82. The molecule has 1 aromatic heterocycles. The predicted molar refractivity (Wildman–Crippen MR) is 75.0 cm³/mol. The van der Waals surface area contributed by atoms with E-state index in [-0.39, 0.29) is 6.10 Å². The SMILES string of the molecule is OC(Cc1ccnc2ccccc12)CC1CCOC1. The number of para-hydroxylation sites is 1. The van der Waals surface area contributed by atoms with E-state index in [1.165, 1.54) is 5.56 Å². The van der Waals surface area contributed by atoms with E-state index in [2.05, 4.69) is 11.1 Å². The van der Waals surface area contributed by atoms with Crippen LogP contribution in [0.2, 0.25) is 0 Å². The first-order valence-corrected chi connectivity index (χ1v) is 6.91. The van der Waals surface area contributed by atoms with Crippen LogP contribution in [0.4, 0.5) is 0 Å². The highest BCUT2D eigenvalue weighted by Gasteiger charge is 2.20. The number of hydrogen-bond acceptors (Lipinski definition) is 3. The second kappa shape index (κ2) is 5.68. The number of aromatic nitrogens is 1. The lowest BCUT2D eigenvalue weighted by Crippen LogP contribution is -2.16. The minimum Gasteiger partial charge on any atom is -0.393 e. The normalized spacial score (nSPS) is 20.8. The van der Waals surface area contributed by atoms with Crippen molar-refractivity contribution in [3.05, 3.63) is 42.1 Å². The summed E-state index contributed by atoms with van der Waals surface area (Å²) in [6.45, 7) is 1.64. The average molecular weight is 257 g/mol. The van der Waals surface area contributed by atoms with Gasteiger partial charge >= 0.3 is 0 Å². The standard InChI is InChI=1S/C16H19NO2/c18-14(9-12-6-8-19-11-12)10-13-5-7-17-16-4-2-1-3-15(13)16/h1-5,7,12,14,18H,6,8-11H2. The molecule has 0 amide bonds. The van der Waals surface area contributed by atoms with Gasteiger partial charge in [-0.2, -0.15) is 0 Å². The third-order valence-electron chi connectivity index (χ3n) is 3.82. The molecule has 3 heteroatoms. The average Bonchev–Trinajstić information content (AvgIpc) is 2.92. The number of rotatable bonds is 4. The van der Waals surface area contributed by atoms with Crippen molar-refractivity contribution in [3.63, 3.8) is 0 Å². The van der Waals surface area contributed by atoms with E-state index in [9.17, 15) is 5.11 Å². The molecule has 3 nitrogen and oxygen atoms in total. The zero-order chi connectivity index (χ0) is 13.1. The Hall–Kier alpha value is -1.45. The van der Waals surface area contributed by atoms with Gasteiger partial charge in [0, 0.05) is 24.8 Å². The van der Waals surface area contributed by atoms with Gasteiger partial charge in [0.05, 0.1) is 11.6 Å². The van der Waals surface area contributed by atoms with Gasteiger partial charge in [0.1, 0.15) is 0 Å². The van der Waals surface area contributed by atoms with Crippen LogP contribution in [0.1, 0.15) is 18.4 Å². The van der Waals surface area contributed by atoms with Crippen molar-refractivity contribution in [2.45, 2.75) is 25.4 Å². The van der Waals surface area contributed by atoms with Crippen LogP contribution in [-0.2, 0) is 11.2 Å². The molecule has 1 N–H and O–H groups in total. The molecule has 1 aliphatic heterocycles. The van der Waals surface area contributed by atoms with E-state index >= 15 is 0 Å². The highest BCUT2D eigenvalue weighted by molar-refractivity contribution is 5.81. The van der Waals surface area contributed by atoms with Crippen molar-refractivity contribution in [1.29, 1.82) is 0 Å². The van der Waals surface area contributed by atoms with Crippen LogP contribution in [-0.4, -0.2) is 29.4 Å². The summed E-state index contributed by atoms with van der Waals surface area (Å²) in [5.41, 5.74) is 2.17. The summed E-state index contributed by atoms with van der Waals surface area (Å²) in [7, 11) is 0. The molecule has 0 radical (unpaired) electrons. The molecule has 3 rings (SSSR count). The number of ether oxygens (including phenoxy) is 1. The van der Waals surface area contributed by atoms with Crippen molar-refractivity contribution in [2.75, 3.05) is 13.2 Å². The van der Waals surface area contributed by atoms with Crippen LogP contribution in [0.15, 0.2) is 36.5 Å². The molecule has 1 fully saturated rings. The summed E-state index contributed by atoms with van der Waals surface area (Å²) in [4.78, 5) is 4.35. The number of aliphatic hydroxyl groups excluding tert-OH is 1. The highest BCUT2D eigenvalue weighted by atomic mass is 16.5. The van der Waals surface area contributed by atoms with Crippen molar-refractivity contribution in [2.24, 2.45) is 5.92 Å². The van der Waals surface area contributed by atoms with Gasteiger partial charge in [-0.05, 0) is 42.9 Å². The minimum absolute atomic E-state index is 0.294. The Balaban J connectivity index is 1.73. The zero-order valence-corrected chi connectivity index (χ0v) is 11.0. The van der Waals surface area contributed by atoms with Crippen molar-refractivity contribution >= 4 is 10.9 Å². The number of nitrogens with zero attached hydrogens (tertiary/aromatic N) is 1. The second-order valence-corrected chi connectivity index (χ2v) is 5.31. The second-order valence-electron chi connectivity index (χ2n) is 5.31. The van der Waals surface area contributed by atoms with Gasteiger partial charge in [0.25, 0.3) is 0 Å². The van der Waals surface area contributed by atoms with Gasteiger partial charge in [-0.15, -0.1) is 0 Å². The van der Waals surface area contributed by atoms with E-state index < -0.39 is 0 Å². The molecule has 100 valence electrons. The van der Waals surface area contributed by atoms with E-state index in [1.54, 1.807) is 0 Å². The summed E-state index contributed by atoms with van der Waals surface area (Å²) < 4.78 is 5.36. The molecule has 1 aromatic carbocycles. The van der Waals surface area contributed by atoms with Gasteiger partial charge < -0.3 is 9.84 Å². The van der Waals surface area contributed by atoms with Gasteiger partial charge in [-0.1, -0.05) is 18.2 Å². The molecular weight excluding hydrogens is 238 g/mol. The maximum absolute atomic E-state index is 10.2. The molecular formula is C16H19NO2. The number of benzene rings is 1. The lowest BCUT2D eigenvalue weighted by molar-refractivity contribution is 0.129. The van der Waals surface area contributed by atoms with E-state index in [0.29, 0.717) is 12.3 Å². The summed E-state index contributed by atoms with van der Waals surface area (Å²) in [6, 6.07) is 10.1. The molecule has 2 aromatic rings. The fourth-order valence-electron chi connectivity index (χ4n) is 2.82. The first-order valence-electron chi connectivity index (χ1n) is 6.91. The topological polar surface area (TPSA) is 42.4 Å². The smallest absolute Gasteiger partial charge is 0.0704 e. The molecule has 1 saturated heterocycles. The minimum atomic E-state index is -0.294. The maximum Gasteiger partial charge on any atom is 0.0704 e. The van der Waals surface area contributed by atoms with Crippen LogP contribution < -0.4 is 0 Å². The van der Waals surface area contributed by atoms with E-state index in [0.717, 1.165) is 37.0 Å². The molecule has 0 aliphatic carbocycles. The molecule has 1 aliphatic rings. The summed E-state index contributed by atoms with van der Waals surface area (Å²) >= 11 is 0. The maximum atomic E-state index is 10.2. The molecule has 2 heterocycles. The Bertz CT molecular complexity index is 544. The third kappa shape index (κ3) is 2.94. The lowest BCUT2D eigenvalue weighted by Gasteiger charge is -2.15. The monoisotopic (exact) mass is 257 g/mol. The number of aliphatic hydroxyl groups is 1. The third-order valence-corrected chi connectivity index (χ3v) is 3.82. The number of fused-ring (bicyclic) bond motifs is 1. The van der Waals surface area contributed by atoms with E-state index in [1.807, 2.05) is 30.5 Å². The summed E-state index contributed by atoms with van der Waals surface area (Å²) in [5.74, 6) is 0.517. The van der Waals surface area contributed by atoms with Crippen molar-refractivity contribution in [3.8, 4) is 0 Å². The van der Waals surface area contributed by atoms with Crippen LogP contribution in [0, 0.1) is 5.92 Å². The molecule has 2 atom stereocenters. The molecule has 2 unspecified atom stereocenters. The Kier molecular flexibility index (Phi) is 3.76. The zero-order valence-electron chi connectivity index (χ0n) is 11.0. The Labute approximate surface area is 113 Å². The molecule has 19 heavy (non-hydrogen) atoms. The van der Waals surface area contributed by atoms with Gasteiger partial charge in [-0.25, -0.2) is 0 Å². The van der Waals surface area contributed by atoms with E-state index in [4.69, 9.17) is 4.74 Å². The summed E-state index contributed by atoms with van der Waals surface area (Å²) in [6.07, 6.45) is 4.13. The highest BCUT2D eigenvalue weighted by Crippen LogP contribution is 2.22. The Morgan fingerprint density at radius 3 is 3.05 bits per heavy atom. The largest absolute Gasteiger partial charge is 0.393 e. The van der Waals surface area contributed by atoms with Gasteiger partial charge in [-0.3, -0.25) is 4.98 Å². The molecule has 0 spiro atoms. The first kappa shape index (κ1) is 12.6. The van der Waals surface area contributed by atoms with Crippen LogP contribution in [0.5, 0.6) is 0 Å². The quantitative estimate of drug-likeness (QED) is 0.915. The van der Waals surface area contributed by atoms with Crippen LogP contribution >= 0.6 is 0 Å². The fraction of sp³-hybridized carbons (Fsp3) is 0.438. The number of hydrogen-bond donors (Lipinski definition) is 1. The lowest BCUT2D eigenvalue weighted by atomic mass is 9.95. The van der Waals surface area contributed by atoms with Crippen molar-refractivity contribution in [1.82, 2.24) is 4.98 Å². The van der Waals surface area contributed by atoms with Crippen molar-refractivity contribution < 1.29 is 9.84 Å². The molecule has 0 bridgehead atoms. The molecule has 0 saturated carbocycles. The number of pyridine rings is 1.